The van der Waals surface area contributed by atoms with Crippen molar-refractivity contribution in [1.82, 2.24) is 5.32 Å². The van der Waals surface area contributed by atoms with Crippen molar-refractivity contribution in [3.8, 4) is 11.5 Å². The maximum absolute atomic E-state index is 11.7. The van der Waals surface area contributed by atoms with E-state index in [1.54, 1.807) is 7.11 Å². The zero-order valence-corrected chi connectivity index (χ0v) is 13.2. The van der Waals surface area contributed by atoms with Gasteiger partial charge < -0.3 is 19.5 Å². The molecule has 1 atom stereocenters. The number of para-hydroxylation sites is 2. The van der Waals surface area contributed by atoms with Crippen LogP contribution in [0.4, 0.5) is 0 Å². The molecule has 0 aromatic heterocycles. The Bertz CT molecular complexity index is 434. The summed E-state index contributed by atoms with van der Waals surface area (Å²) in [6.07, 6.45) is 0.737. The highest BCUT2D eigenvalue weighted by atomic mass is 16.5. The van der Waals surface area contributed by atoms with E-state index in [2.05, 4.69) is 19.2 Å². The summed E-state index contributed by atoms with van der Waals surface area (Å²) in [7, 11) is 3.01. The van der Waals surface area contributed by atoms with Crippen molar-refractivity contribution < 1.29 is 19.0 Å². The van der Waals surface area contributed by atoms with Gasteiger partial charge in [0.2, 0.25) is 0 Å². The molecule has 118 valence electrons. The number of esters is 1. The number of hydrogen-bond acceptors (Lipinski definition) is 5. The van der Waals surface area contributed by atoms with Crippen molar-refractivity contribution in [1.29, 1.82) is 0 Å². The average molecular weight is 295 g/mol. The lowest BCUT2D eigenvalue weighted by atomic mass is 10.0. The second kappa shape index (κ2) is 9.23. The third kappa shape index (κ3) is 6.04. The summed E-state index contributed by atoms with van der Waals surface area (Å²) < 4.78 is 15.7. The SMILES string of the molecule is COC(=O)C(CC(C)C)NCCOc1ccccc1OC. The predicted octanol–water partition coefficient (Wildman–Crippen LogP) is 2.25. The molecule has 0 spiro atoms. The van der Waals surface area contributed by atoms with Gasteiger partial charge in [-0.3, -0.25) is 4.79 Å². The van der Waals surface area contributed by atoms with Gasteiger partial charge in [0.1, 0.15) is 12.6 Å². The summed E-state index contributed by atoms with van der Waals surface area (Å²) in [5, 5.41) is 3.17. The summed E-state index contributed by atoms with van der Waals surface area (Å²) in [5.41, 5.74) is 0. The molecule has 1 N–H and O–H groups in total. The number of ether oxygens (including phenoxy) is 3. The third-order valence-electron chi connectivity index (χ3n) is 3.01. The van der Waals surface area contributed by atoms with Crippen LogP contribution in [0.5, 0.6) is 11.5 Å². The van der Waals surface area contributed by atoms with Crippen molar-refractivity contribution in [2.75, 3.05) is 27.4 Å². The molecule has 5 heteroatoms. The van der Waals surface area contributed by atoms with E-state index in [0.29, 0.717) is 30.6 Å². The smallest absolute Gasteiger partial charge is 0.322 e. The Balaban J connectivity index is 2.42. The summed E-state index contributed by atoms with van der Waals surface area (Å²) in [5.74, 6) is 1.57. The van der Waals surface area contributed by atoms with Crippen LogP contribution in [-0.2, 0) is 9.53 Å². The van der Waals surface area contributed by atoms with Crippen molar-refractivity contribution >= 4 is 5.97 Å². The summed E-state index contributed by atoms with van der Waals surface area (Å²) in [4.78, 5) is 11.7. The number of carbonyl (C=O) groups is 1. The molecular weight excluding hydrogens is 270 g/mol. The maximum atomic E-state index is 11.7. The topological polar surface area (TPSA) is 56.8 Å². The van der Waals surface area contributed by atoms with Gasteiger partial charge in [-0.2, -0.15) is 0 Å². The lowest BCUT2D eigenvalue weighted by Gasteiger charge is -2.18. The molecule has 0 fully saturated rings. The number of rotatable bonds is 9. The number of methoxy groups -OCH3 is 2. The van der Waals surface area contributed by atoms with E-state index >= 15 is 0 Å². The van der Waals surface area contributed by atoms with Gasteiger partial charge in [-0.25, -0.2) is 0 Å². The molecule has 0 saturated carbocycles. The molecule has 5 nitrogen and oxygen atoms in total. The third-order valence-corrected chi connectivity index (χ3v) is 3.01. The van der Waals surface area contributed by atoms with Crippen LogP contribution in [0.1, 0.15) is 20.3 Å². The van der Waals surface area contributed by atoms with E-state index in [1.807, 2.05) is 24.3 Å². The van der Waals surface area contributed by atoms with Crippen molar-refractivity contribution in [2.45, 2.75) is 26.3 Å². The van der Waals surface area contributed by atoms with E-state index in [4.69, 9.17) is 14.2 Å². The van der Waals surface area contributed by atoms with Crippen molar-refractivity contribution in [3.05, 3.63) is 24.3 Å². The number of hydrogen-bond donors (Lipinski definition) is 1. The van der Waals surface area contributed by atoms with Gasteiger partial charge in [0.05, 0.1) is 14.2 Å². The standard InChI is InChI=1S/C16H25NO4/c1-12(2)11-13(16(18)20-4)17-9-10-21-15-8-6-5-7-14(15)19-3/h5-8,12-13,17H,9-11H2,1-4H3. The van der Waals surface area contributed by atoms with Crippen LogP contribution >= 0.6 is 0 Å². The van der Waals surface area contributed by atoms with Gasteiger partial charge in [0.15, 0.2) is 11.5 Å². The minimum Gasteiger partial charge on any atom is -0.493 e. The first kappa shape index (κ1) is 17.3. The fourth-order valence-electron chi connectivity index (χ4n) is 2.01. The first-order valence-corrected chi connectivity index (χ1v) is 7.15. The normalized spacial score (nSPS) is 12.0. The fourth-order valence-corrected chi connectivity index (χ4v) is 2.01. The molecule has 1 unspecified atom stereocenters. The van der Waals surface area contributed by atoms with Crippen LogP contribution in [0.15, 0.2) is 24.3 Å². The predicted molar refractivity (Wildman–Crippen MR) is 81.8 cm³/mol. The fraction of sp³-hybridized carbons (Fsp3) is 0.562. The van der Waals surface area contributed by atoms with Crippen LogP contribution in [0.25, 0.3) is 0 Å². The quantitative estimate of drug-likeness (QED) is 0.559. The number of nitrogens with one attached hydrogen (secondary N) is 1. The average Bonchev–Trinajstić information content (AvgIpc) is 2.49. The highest BCUT2D eigenvalue weighted by Gasteiger charge is 2.19. The van der Waals surface area contributed by atoms with Crippen LogP contribution in [0.3, 0.4) is 0 Å². The van der Waals surface area contributed by atoms with Crippen LogP contribution in [0, 0.1) is 5.92 Å². The van der Waals surface area contributed by atoms with Crippen LogP contribution in [-0.4, -0.2) is 39.4 Å². The van der Waals surface area contributed by atoms with E-state index in [0.717, 1.165) is 6.42 Å². The van der Waals surface area contributed by atoms with Crippen LogP contribution in [0.2, 0.25) is 0 Å². The Kier molecular flexibility index (Phi) is 7.61. The lowest BCUT2D eigenvalue weighted by molar-refractivity contribution is -0.143. The van der Waals surface area contributed by atoms with E-state index in [-0.39, 0.29) is 12.0 Å². The molecule has 0 heterocycles. The van der Waals surface area contributed by atoms with Gasteiger partial charge in [-0.15, -0.1) is 0 Å². The maximum Gasteiger partial charge on any atom is 0.322 e. The van der Waals surface area contributed by atoms with E-state index in [9.17, 15) is 4.79 Å². The first-order valence-electron chi connectivity index (χ1n) is 7.15. The molecule has 0 saturated heterocycles. The molecule has 0 amide bonds. The Morgan fingerprint density at radius 1 is 1.19 bits per heavy atom. The van der Waals surface area contributed by atoms with Crippen molar-refractivity contribution in [3.63, 3.8) is 0 Å². The second-order valence-corrected chi connectivity index (χ2v) is 5.16. The summed E-state index contributed by atoms with van der Waals surface area (Å²) in [6, 6.07) is 7.18. The molecule has 0 radical (unpaired) electrons. The van der Waals surface area contributed by atoms with E-state index in [1.165, 1.54) is 7.11 Å². The van der Waals surface area contributed by atoms with Crippen LogP contribution < -0.4 is 14.8 Å². The Morgan fingerprint density at radius 3 is 2.43 bits per heavy atom. The highest BCUT2D eigenvalue weighted by Crippen LogP contribution is 2.25. The highest BCUT2D eigenvalue weighted by molar-refractivity contribution is 5.75. The number of carbonyl (C=O) groups excluding carboxylic acids is 1. The second-order valence-electron chi connectivity index (χ2n) is 5.16. The minimum absolute atomic E-state index is 0.235. The largest absolute Gasteiger partial charge is 0.493 e. The molecule has 0 bridgehead atoms. The van der Waals surface area contributed by atoms with Gasteiger partial charge in [0.25, 0.3) is 0 Å². The molecule has 1 rings (SSSR count). The monoisotopic (exact) mass is 295 g/mol. The zero-order chi connectivity index (χ0) is 15.7. The number of benzene rings is 1. The van der Waals surface area contributed by atoms with Gasteiger partial charge in [0, 0.05) is 6.54 Å². The molecule has 21 heavy (non-hydrogen) atoms. The summed E-state index contributed by atoms with van der Waals surface area (Å²) in [6.45, 7) is 5.16. The molecule has 0 aliphatic carbocycles. The first-order chi connectivity index (χ1) is 10.1. The van der Waals surface area contributed by atoms with E-state index < -0.39 is 0 Å². The lowest BCUT2D eigenvalue weighted by Crippen LogP contribution is -2.40. The molecule has 0 aliphatic heterocycles. The van der Waals surface area contributed by atoms with Crippen molar-refractivity contribution in [2.24, 2.45) is 5.92 Å². The van der Waals surface area contributed by atoms with Gasteiger partial charge in [-0.1, -0.05) is 26.0 Å². The minimum atomic E-state index is -0.295. The zero-order valence-electron chi connectivity index (χ0n) is 13.2. The Hall–Kier alpha value is -1.75. The van der Waals surface area contributed by atoms with Gasteiger partial charge >= 0.3 is 5.97 Å². The van der Waals surface area contributed by atoms with Gasteiger partial charge in [-0.05, 0) is 24.5 Å². The molecule has 1 aromatic rings. The molecule has 1 aromatic carbocycles. The Morgan fingerprint density at radius 2 is 1.86 bits per heavy atom. The summed E-state index contributed by atoms with van der Waals surface area (Å²) >= 11 is 0. The molecule has 0 aliphatic rings. The Labute approximate surface area is 126 Å². The molecular formula is C16H25NO4.